The first-order chi connectivity index (χ1) is 7.75. The van der Waals surface area contributed by atoms with Gasteiger partial charge < -0.3 is 19.6 Å². The van der Waals surface area contributed by atoms with Crippen molar-refractivity contribution in [2.24, 2.45) is 0 Å². The first-order valence-electron chi connectivity index (χ1n) is 4.63. The molecule has 80 valence electrons. The second-order valence-electron chi connectivity index (χ2n) is 3.35. The van der Waals surface area contributed by atoms with Gasteiger partial charge in [-0.1, -0.05) is 0 Å². The number of carboxylic acids is 1. The van der Waals surface area contributed by atoms with E-state index in [2.05, 4.69) is 4.98 Å². The predicted octanol–water partition coefficient (Wildman–Crippen LogP) is 2.11. The summed E-state index contributed by atoms with van der Waals surface area (Å²) < 4.78 is 10.5. The van der Waals surface area contributed by atoms with E-state index in [4.69, 9.17) is 14.6 Å². The van der Waals surface area contributed by atoms with Gasteiger partial charge in [0.2, 0.25) is 0 Å². The maximum atomic E-state index is 10.8. The van der Waals surface area contributed by atoms with Crippen molar-refractivity contribution in [1.29, 1.82) is 0 Å². The van der Waals surface area contributed by atoms with Crippen LogP contribution in [0.1, 0.15) is 10.5 Å². The van der Waals surface area contributed by atoms with Gasteiger partial charge in [0, 0.05) is 5.39 Å². The molecule has 1 aliphatic rings. The molecule has 0 spiro atoms. The lowest BCUT2D eigenvalue weighted by Crippen LogP contribution is -1.97. The molecule has 2 aromatic rings. The van der Waals surface area contributed by atoms with E-state index in [1.165, 1.54) is 12.5 Å². The van der Waals surface area contributed by atoms with E-state index in [0.29, 0.717) is 17.0 Å². The standard InChI is InChI=1S/C11H7NO4/c13-11(14)7-5-6-1-2-8-10(9(6)12-7)16-4-3-15-8/h1-5,12H,(H,13,14). The van der Waals surface area contributed by atoms with Crippen LogP contribution in [0.5, 0.6) is 11.5 Å². The summed E-state index contributed by atoms with van der Waals surface area (Å²) in [5.41, 5.74) is 0.751. The third kappa shape index (κ3) is 1.15. The molecule has 0 saturated heterocycles. The van der Waals surface area contributed by atoms with E-state index in [9.17, 15) is 4.79 Å². The molecule has 0 bridgehead atoms. The minimum atomic E-state index is -1.00. The van der Waals surface area contributed by atoms with E-state index in [1.807, 2.05) is 0 Å². The van der Waals surface area contributed by atoms with E-state index in [-0.39, 0.29) is 5.69 Å². The first-order valence-corrected chi connectivity index (χ1v) is 4.63. The molecule has 0 atom stereocenters. The van der Waals surface area contributed by atoms with Gasteiger partial charge in [0.25, 0.3) is 0 Å². The van der Waals surface area contributed by atoms with Gasteiger partial charge in [0.05, 0.1) is 5.52 Å². The van der Waals surface area contributed by atoms with Crippen molar-refractivity contribution in [3.8, 4) is 11.5 Å². The zero-order valence-electron chi connectivity index (χ0n) is 8.06. The normalized spacial score (nSPS) is 13.0. The van der Waals surface area contributed by atoms with Crippen molar-refractivity contribution in [3.05, 3.63) is 36.4 Å². The summed E-state index contributed by atoms with van der Waals surface area (Å²) in [4.78, 5) is 13.6. The van der Waals surface area contributed by atoms with Crippen LogP contribution in [0.3, 0.4) is 0 Å². The highest BCUT2D eigenvalue weighted by molar-refractivity contribution is 5.97. The lowest BCUT2D eigenvalue weighted by atomic mass is 10.2. The maximum absolute atomic E-state index is 10.8. The lowest BCUT2D eigenvalue weighted by molar-refractivity contribution is 0.0691. The highest BCUT2D eigenvalue weighted by Crippen LogP contribution is 2.37. The van der Waals surface area contributed by atoms with Crippen molar-refractivity contribution in [2.75, 3.05) is 0 Å². The molecule has 0 amide bonds. The summed E-state index contributed by atoms with van der Waals surface area (Å²) in [6, 6.07) is 5.07. The molecule has 0 aliphatic carbocycles. The van der Waals surface area contributed by atoms with Gasteiger partial charge in [0.1, 0.15) is 18.2 Å². The summed E-state index contributed by atoms with van der Waals surface area (Å²) >= 11 is 0. The molecule has 5 heteroatoms. The Bertz CT molecular complexity index is 612. The largest absolute Gasteiger partial charge is 0.477 e. The van der Waals surface area contributed by atoms with Crippen LogP contribution in [0, 0.1) is 0 Å². The number of H-pyrrole nitrogens is 1. The number of carbonyl (C=O) groups is 1. The number of rotatable bonds is 1. The monoisotopic (exact) mass is 217 g/mol. The van der Waals surface area contributed by atoms with Crippen LogP contribution in [0.25, 0.3) is 10.9 Å². The highest BCUT2D eigenvalue weighted by Gasteiger charge is 2.16. The number of aromatic amines is 1. The fraction of sp³-hybridized carbons (Fsp3) is 0. The molecule has 1 aromatic carbocycles. The molecule has 0 saturated carbocycles. The zero-order chi connectivity index (χ0) is 11.1. The molecule has 2 heterocycles. The minimum absolute atomic E-state index is 0.126. The van der Waals surface area contributed by atoms with Crippen molar-refractivity contribution >= 4 is 16.9 Å². The Morgan fingerprint density at radius 2 is 2.06 bits per heavy atom. The van der Waals surface area contributed by atoms with E-state index < -0.39 is 5.97 Å². The lowest BCUT2D eigenvalue weighted by Gasteiger charge is -2.12. The molecule has 2 N–H and O–H groups in total. The summed E-state index contributed by atoms with van der Waals surface area (Å²) in [5.74, 6) is 0.0681. The Morgan fingerprint density at radius 1 is 1.25 bits per heavy atom. The van der Waals surface area contributed by atoms with E-state index in [0.717, 1.165) is 5.39 Å². The Morgan fingerprint density at radius 3 is 2.88 bits per heavy atom. The number of carboxylic acid groups (broad SMARTS) is 1. The Labute approximate surface area is 89.9 Å². The molecule has 0 unspecified atom stereocenters. The minimum Gasteiger partial charge on any atom is -0.477 e. The number of hydrogen-bond donors (Lipinski definition) is 2. The van der Waals surface area contributed by atoms with Gasteiger partial charge in [-0.05, 0) is 18.2 Å². The average Bonchev–Trinajstić information content (AvgIpc) is 2.73. The van der Waals surface area contributed by atoms with Crippen LogP contribution in [0.4, 0.5) is 0 Å². The van der Waals surface area contributed by atoms with Crippen LogP contribution < -0.4 is 9.47 Å². The molecule has 1 aromatic heterocycles. The van der Waals surface area contributed by atoms with Crippen LogP contribution >= 0.6 is 0 Å². The smallest absolute Gasteiger partial charge is 0.352 e. The van der Waals surface area contributed by atoms with E-state index in [1.54, 1.807) is 18.2 Å². The molecule has 16 heavy (non-hydrogen) atoms. The number of aromatic nitrogens is 1. The molecular weight excluding hydrogens is 210 g/mol. The van der Waals surface area contributed by atoms with Gasteiger partial charge >= 0.3 is 5.97 Å². The topological polar surface area (TPSA) is 71.5 Å². The van der Waals surface area contributed by atoms with Crippen molar-refractivity contribution in [1.82, 2.24) is 4.98 Å². The molecule has 0 radical (unpaired) electrons. The fourth-order valence-corrected chi connectivity index (χ4v) is 1.68. The molecule has 0 fully saturated rings. The number of ether oxygens (including phenoxy) is 2. The average molecular weight is 217 g/mol. The third-order valence-electron chi connectivity index (χ3n) is 2.38. The summed E-state index contributed by atoms with van der Waals surface area (Å²) in [7, 11) is 0. The predicted molar refractivity (Wildman–Crippen MR) is 55.7 cm³/mol. The first kappa shape index (κ1) is 8.84. The number of benzene rings is 1. The van der Waals surface area contributed by atoms with Crippen LogP contribution in [-0.4, -0.2) is 16.1 Å². The van der Waals surface area contributed by atoms with Crippen molar-refractivity contribution in [3.63, 3.8) is 0 Å². The second-order valence-corrected chi connectivity index (χ2v) is 3.35. The van der Waals surface area contributed by atoms with Gasteiger partial charge in [-0.3, -0.25) is 0 Å². The number of hydrogen-bond acceptors (Lipinski definition) is 3. The number of fused-ring (bicyclic) bond motifs is 3. The zero-order valence-corrected chi connectivity index (χ0v) is 8.06. The third-order valence-corrected chi connectivity index (χ3v) is 2.38. The Kier molecular flexibility index (Phi) is 1.67. The number of aromatic carboxylic acids is 1. The van der Waals surface area contributed by atoms with Crippen molar-refractivity contribution in [2.45, 2.75) is 0 Å². The quantitative estimate of drug-likeness (QED) is 0.767. The second kappa shape index (κ2) is 3.03. The van der Waals surface area contributed by atoms with E-state index >= 15 is 0 Å². The summed E-state index contributed by atoms with van der Waals surface area (Å²) in [6.07, 6.45) is 2.83. The van der Waals surface area contributed by atoms with Crippen molar-refractivity contribution < 1.29 is 19.4 Å². The fourth-order valence-electron chi connectivity index (χ4n) is 1.68. The van der Waals surface area contributed by atoms with Gasteiger partial charge in [-0.2, -0.15) is 0 Å². The highest BCUT2D eigenvalue weighted by atomic mass is 16.5. The van der Waals surface area contributed by atoms with Crippen LogP contribution in [0.15, 0.2) is 30.7 Å². The van der Waals surface area contributed by atoms with Gasteiger partial charge in [0.15, 0.2) is 11.5 Å². The Balaban J connectivity index is 2.28. The Hall–Kier alpha value is -2.43. The maximum Gasteiger partial charge on any atom is 0.352 e. The number of nitrogens with one attached hydrogen (secondary N) is 1. The molecule has 3 rings (SSSR count). The van der Waals surface area contributed by atoms with Gasteiger partial charge in [-0.25, -0.2) is 4.79 Å². The summed E-state index contributed by atoms with van der Waals surface area (Å²) in [6.45, 7) is 0. The van der Waals surface area contributed by atoms with Gasteiger partial charge in [-0.15, -0.1) is 0 Å². The van der Waals surface area contributed by atoms with Crippen LogP contribution in [-0.2, 0) is 0 Å². The SMILES string of the molecule is O=C(O)c1cc2ccc3c(c2[nH]1)OC=CO3. The molecule has 5 nitrogen and oxygen atoms in total. The molecule has 1 aliphatic heterocycles. The molecular formula is C11H7NO4. The van der Waals surface area contributed by atoms with Crippen LogP contribution in [0.2, 0.25) is 0 Å². The summed E-state index contributed by atoms with van der Waals surface area (Å²) in [5, 5.41) is 9.65.